The molecule has 0 fully saturated rings. The fourth-order valence-electron chi connectivity index (χ4n) is 0.316. The van der Waals surface area contributed by atoms with Gasteiger partial charge in [-0.1, -0.05) is 26.7 Å². The van der Waals surface area contributed by atoms with Gasteiger partial charge in [0.1, 0.15) is 0 Å². The number of hydrogen-bond acceptors (Lipinski definition) is 2. The van der Waals surface area contributed by atoms with E-state index in [9.17, 15) is 6.18 Å². The van der Waals surface area contributed by atoms with Crippen molar-refractivity contribution in [1.82, 2.24) is 0 Å². The van der Waals surface area contributed by atoms with E-state index in [0.29, 0.717) is 13.2 Å². The molecule has 82 valence electrons. The summed E-state index contributed by atoms with van der Waals surface area (Å²) < 4.78 is 19.5. The molecule has 0 aromatic heterocycles. The molecule has 0 aromatic rings. The molecule has 5 heteroatoms. The summed E-state index contributed by atoms with van der Waals surface area (Å²) in [5.41, 5.74) is 0. The average Bonchev–Trinajstić information content (AvgIpc) is 2.09. The molecule has 2 nitrogen and oxygen atoms in total. The van der Waals surface area contributed by atoms with Gasteiger partial charge in [-0.15, -0.1) is 0 Å². The van der Waals surface area contributed by atoms with Crippen molar-refractivity contribution in [2.45, 2.75) is 39.5 Å². The molecule has 0 aliphatic rings. The topological polar surface area (TPSA) is 40.5 Å². The third-order valence-corrected chi connectivity index (χ3v) is 1.02. The predicted octanol–water partition coefficient (Wildman–Crippen LogP) is 2.40. The number of aliphatic hydroxyl groups excluding tert-OH is 2. The fraction of sp³-hybridized carbons (Fsp3) is 1.00. The van der Waals surface area contributed by atoms with Gasteiger partial charge in [-0.2, -0.15) is 0 Å². The van der Waals surface area contributed by atoms with Crippen molar-refractivity contribution in [1.29, 1.82) is 0 Å². The van der Waals surface area contributed by atoms with Crippen LogP contribution in [0.3, 0.4) is 0 Å². The van der Waals surface area contributed by atoms with Crippen LogP contribution in [0.1, 0.15) is 39.5 Å². The molecule has 0 radical (unpaired) electrons. The first-order valence-electron chi connectivity index (χ1n) is 4.42. The molecule has 0 heterocycles. The Morgan fingerprint density at radius 3 is 1.15 bits per heavy atom. The van der Waals surface area contributed by atoms with Crippen LogP contribution in [0.15, 0.2) is 0 Å². The molecule has 2 N–H and O–H groups in total. The van der Waals surface area contributed by atoms with Crippen molar-refractivity contribution in [2.75, 3.05) is 13.2 Å². The van der Waals surface area contributed by atoms with Gasteiger partial charge in [0, 0.05) is 13.2 Å². The van der Waals surface area contributed by atoms with Crippen molar-refractivity contribution >= 4 is 0 Å². The average molecular weight is 234 g/mol. The van der Waals surface area contributed by atoms with E-state index in [1.165, 1.54) is 0 Å². The molecule has 0 amide bonds. The Morgan fingerprint density at radius 1 is 0.923 bits per heavy atom. The first-order chi connectivity index (χ1) is 6.24. The number of rotatable bonds is 4. The number of aliphatic hydroxyl groups is 2. The van der Waals surface area contributed by atoms with Crippen LogP contribution in [0.2, 0.25) is 0 Å². The minimum absolute atomic E-state index is 0.344. The van der Waals surface area contributed by atoms with E-state index in [-0.39, 0.29) is 0 Å². The molecule has 0 bridgehead atoms. The first-order valence-corrected chi connectivity index (χ1v) is 5.61. The second-order valence-electron chi connectivity index (χ2n) is 2.23. The summed E-state index contributed by atoms with van der Waals surface area (Å²) in [5.74, 6) is 0. The van der Waals surface area contributed by atoms with Crippen LogP contribution < -0.4 is 0 Å². The van der Waals surface area contributed by atoms with Crippen molar-refractivity contribution in [3.63, 3.8) is 0 Å². The molecule has 0 spiro atoms. The Labute approximate surface area is 89.6 Å². The van der Waals surface area contributed by atoms with Crippen molar-refractivity contribution in [3.05, 3.63) is 0 Å². The molecular formula is C8H20F2O2Ti. The van der Waals surface area contributed by atoms with E-state index in [1.807, 2.05) is 0 Å². The van der Waals surface area contributed by atoms with Crippen molar-refractivity contribution in [2.24, 2.45) is 0 Å². The summed E-state index contributed by atoms with van der Waals surface area (Å²) in [5, 5.41) is 16.1. The molecule has 0 rings (SSSR count). The van der Waals surface area contributed by atoms with Crippen LogP contribution >= 0.6 is 0 Å². The van der Waals surface area contributed by atoms with Crippen LogP contribution in [0.4, 0.5) is 6.18 Å². The maximum atomic E-state index is 9.75. The number of halogens is 2. The molecule has 0 saturated heterocycles. The zero-order valence-electron chi connectivity index (χ0n) is 8.39. The fourth-order valence-corrected chi connectivity index (χ4v) is 0.316. The number of unbranched alkanes of at least 4 members (excludes halogenated alkanes) is 2. The Morgan fingerprint density at radius 2 is 1.15 bits per heavy atom. The SMILES string of the molecule is CCCCO.CCCCO.[F][Ti][F]. The van der Waals surface area contributed by atoms with E-state index in [0.717, 1.165) is 25.7 Å². The van der Waals surface area contributed by atoms with Gasteiger partial charge in [-0.25, -0.2) is 0 Å². The van der Waals surface area contributed by atoms with E-state index in [1.54, 1.807) is 0 Å². The third kappa shape index (κ3) is 68.1. The van der Waals surface area contributed by atoms with E-state index in [4.69, 9.17) is 10.2 Å². The number of hydrogen-bond donors (Lipinski definition) is 2. The zero-order chi connectivity index (χ0) is 10.9. The van der Waals surface area contributed by atoms with Crippen molar-refractivity contribution < 1.29 is 36.6 Å². The van der Waals surface area contributed by atoms with Gasteiger partial charge in [-0.3, -0.25) is 0 Å². The Bertz CT molecular complexity index is 49.4. The molecule has 0 saturated carbocycles. The van der Waals surface area contributed by atoms with Crippen LogP contribution in [-0.2, 0) is 20.2 Å². The van der Waals surface area contributed by atoms with Gasteiger partial charge >= 0.3 is 26.4 Å². The second-order valence-corrected chi connectivity index (χ2v) is 2.45. The second kappa shape index (κ2) is 29.4. The van der Waals surface area contributed by atoms with Gasteiger partial charge in [0.15, 0.2) is 0 Å². The quantitative estimate of drug-likeness (QED) is 0.733. The zero-order valence-corrected chi connectivity index (χ0v) is 9.95. The molecule has 13 heavy (non-hydrogen) atoms. The van der Waals surface area contributed by atoms with Crippen LogP contribution in [0.5, 0.6) is 0 Å². The summed E-state index contributed by atoms with van der Waals surface area (Å²) in [6, 6.07) is 0. The minimum atomic E-state index is -2.50. The molecule has 0 atom stereocenters. The maximum absolute atomic E-state index is 9.75. The van der Waals surface area contributed by atoms with E-state index < -0.39 is 20.2 Å². The van der Waals surface area contributed by atoms with Crippen LogP contribution in [0, 0.1) is 0 Å². The Hall–Kier alpha value is 0.494. The van der Waals surface area contributed by atoms with Crippen LogP contribution in [-0.4, -0.2) is 23.4 Å². The van der Waals surface area contributed by atoms with Gasteiger partial charge in [0.25, 0.3) is 0 Å². The standard InChI is InChI=1S/2C4H10O.2FH.Ti/c2*1-2-3-4-5;;;/h2*5H,2-4H2,1H3;2*1H;/q;;;;+2/p-2. The van der Waals surface area contributed by atoms with Crippen molar-refractivity contribution in [3.8, 4) is 0 Å². The summed E-state index contributed by atoms with van der Waals surface area (Å²) in [6.07, 6.45) is 4.08. The predicted molar refractivity (Wildman–Crippen MR) is 46.2 cm³/mol. The van der Waals surface area contributed by atoms with E-state index >= 15 is 0 Å². The summed E-state index contributed by atoms with van der Waals surface area (Å²) >= 11 is -2.50. The van der Waals surface area contributed by atoms with Gasteiger partial charge in [-0.05, 0) is 12.8 Å². The molecule has 0 unspecified atom stereocenters. The molecule has 0 aliphatic carbocycles. The van der Waals surface area contributed by atoms with Gasteiger partial charge in [0.05, 0.1) is 0 Å². The molecule has 0 aliphatic heterocycles. The van der Waals surface area contributed by atoms with Gasteiger partial charge in [0.2, 0.25) is 0 Å². The molecule has 0 aromatic carbocycles. The summed E-state index contributed by atoms with van der Waals surface area (Å²) in [7, 11) is 0. The first kappa shape index (κ1) is 19.1. The van der Waals surface area contributed by atoms with E-state index in [2.05, 4.69) is 13.8 Å². The Balaban J connectivity index is -0.000000120. The van der Waals surface area contributed by atoms with Crippen LogP contribution in [0.25, 0.3) is 0 Å². The Kier molecular flexibility index (Phi) is 43.2. The molecular weight excluding hydrogens is 214 g/mol. The monoisotopic (exact) mass is 234 g/mol. The van der Waals surface area contributed by atoms with Gasteiger partial charge < -0.3 is 10.2 Å². The summed E-state index contributed by atoms with van der Waals surface area (Å²) in [6.45, 7) is 4.79. The third-order valence-electron chi connectivity index (χ3n) is 1.02. The summed E-state index contributed by atoms with van der Waals surface area (Å²) in [4.78, 5) is 0. The normalized spacial score (nSPS) is 7.54.